The fourth-order valence-electron chi connectivity index (χ4n) is 2.58. The molecule has 2 rings (SSSR count). The Bertz CT molecular complexity index is 264. The van der Waals surface area contributed by atoms with Crippen LogP contribution in [0, 0.1) is 5.92 Å². The summed E-state index contributed by atoms with van der Waals surface area (Å²) in [6.07, 6.45) is 9.33. The van der Waals surface area contributed by atoms with Crippen LogP contribution in [0.3, 0.4) is 0 Å². The van der Waals surface area contributed by atoms with Gasteiger partial charge in [-0.25, -0.2) is 0 Å². The molecule has 0 aromatic rings. The summed E-state index contributed by atoms with van der Waals surface area (Å²) in [5.74, 6) is 0.754. The molecule has 0 radical (unpaired) electrons. The maximum atomic E-state index is 12.2. The zero-order chi connectivity index (χ0) is 10.7. The standard InChI is InChI=1S/C13H21NO/c1-11-7-9-14(10-8-11)13(15)12-5-3-2-4-6-12/h7,12H,2-6,8-10H2,1H3. The van der Waals surface area contributed by atoms with Crippen LogP contribution in [0.4, 0.5) is 0 Å². The molecule has 0 saturated heterocycles. The molecule has 0 atom stereocenters. The van der Waals surface area contributed by atoms with Crippen molar-refractivity contribution >= 4 is 5.91 Å². The summed E-state index contributed by atoms with van der Waals surface area (Å²) >= 11 is 0. The van der Waals surface area contributed by atoms with Gasteiger partial charge in [-0.05, 0) is 26.2 Å². The van der Waals surface area contributed by atoms with E-state index >= 15 is 0 Å². The van der Waals surface area contributed by atoms with Gasteiger partial charge in [-0.2, -0.15) is 0 Å². The second-order valence-electron chi connectivity index (χ2n) is 4.92. The molecule has 1 saturated carbocycles. The quantitative estimate of drug-likeness (QED) is 0.605. The summed E-state index contributed by atoms with van der Waals surface area (Å²) in [6.45, 7) is 3.95. The molecule has 1 aliphatic carbocycles. The van der Waals surface area contributed by atoms with E-state index in [2.05, 4.69) is 13.0 Å². The van der Waals surface area contributed by atoms with Crippen molar-refractivity contribution in [3.8, 4) is 0 Å². The molecule has 1 heterocycles. The third kappa shape index (κ3) is 2.61. The molecule has 0 bridgehead atoms. The van der Waals surface area contributed by atoms with E-state index in [-0.39, 0.29) is 0 Å². The lowest BCUT2D eigenvalue weighted by atomic mass is 9.88. The normalized spacial score (nSPS) is 23.8. The van der Waals surface area contributed by atoms with E-state index in [0.29, 0.717) is 11.8 Å². The van der Waals surface area contributed by atoms with Gasteiger partial charge in [-0.1, -0.05) is 30.9 Å². The third-order valence-corrected chi connectivity index (χ3v) is 3.70. The number of nitrogens with zero attached hydrogens (tertiary/aromatic N) is 1. The first-order chi connectivity index (χ1) is 7.27. The number of hydrogen-bond donors (Lipinski definition) is 0. The molecule has 2 aliphatic rings. The number of carbonyl (C=O) groups is 1. The van der Waals surface area contributed by atoms with Crippen molar-refractivity contribution in [3.63, 3.8) is 0 Å². The van der Waals surface area contributed by atoms with Crippen molar-refractivity contribution in [2.45, 2.75) is 45.4 Å². The van der Waals surface area contributed by atoms with Crippen LogP contribution in [0.2, 0.25) is 0 Å². The molecule has 0 spiro atoms. The smallest absolute Gasteiger partial charge is 0.225 e. The van der Waals surface area contributed by atoms with Crippen LogP contribution in [0.25, 0.3) is 0 Å². The first kappa shape index (κ1) is 10.7. The largest absolute Gasteiger partial charge is 0.338 e. The molecule has 1 aliphatic heterocycles. The third-order valence-electron chi connectivity index (χ3n) is 3.70. The highest BCUT2D eigenvalue weighted by Crippen LogP contribution is 2.26. The molecule has 2 nitrogen and oxygen atoms in total. The Hall–Kier alpha value is -0.790. The minimum Gasteiger partial charge on any atom is -0.338 e. The van der Waals surface area contributed by atoms with Crippen molar-refractivity contribution < 1.29 is 4.79 Å². The highest BCUT2D eigenvalue weighted by molar-refractivity contribution is 5.79. The Kier molecular flexibility index (Phi) is 3.45. The number of hydrogen-bond acceptors (Lipinski definition) is 1. The predicted octanol–water partition coefficient (Wildman–Crippen LogP) is 2.75. The summed E-state index contributed by atoms with van der Waals surface area (Å²) < 4.78 is 0. The maximum absolute atomic E-state index is 12.2. The van der Waals surface area contributed by atoms with E-state index in [4.69, 9.17) is 0 Å². The monoisotopic (exact) mass is 207 g/mol. The summed E-state index contributed by atoms with van der Waals surface area (Å²) in [4.78, 5) is 14.2. The highest BCUT2D eigenvalue weighted by Gasteiger charge is 2.26. The van der Waals surface area contributed by atoms with E-state index < -0.39 is 0 Å². The Morgan fingerprint density at radius 3 is 2.67 bits per heavy atom. The fourth-order valence-corrected chi connectivity index (χ4v) is 2.58. The molecular formula is C13H21NO. The second kappa shape index (κ2) is 4.82. The Morgan fingerprint density at radius 2 is 2.07 bits per heavy atom. The van der Waals surface area contributed by atoms with Gasteiger partial charge in [-0.3, -0.25) is 4.79 Å². The van der Waals surface area contributed by atoms with Crippen LogP contribution in [0.1, 0.15) is 45.4 Å². The molecular weight excluding hydrogens is 186 g/mol. The van der Waals surface area contributed by atoms with Crippen molar-refractivity contribution in [1.82, 2.24) is 4.90 Å². The van der Waals surface area contributed by atoms with Gasteiger partial charge in [0.05, 0.1) is 0 Å². The number of rotatable bonds is 1. The second-order valence-corrected chi connectivity index (χ2v) is 4.92. The Labute approximate surface area is 92.3 Å². The molecule has 0 aromatic carbocycles. The van der Waals surface area contributed by atoms with Crippen LogP contribution < -0.4 is 0 Å². The van der Waals surface area contributed by atoms with Crippen LogP contribution in [0.5, 0.6) is 0 Å². The van der Waals surface area contributed by atoms with E-state index in [1.54, 1.807) is 0 Å². The zero-order valence-electron chi connectivity index (χ0n) is 9.67. The topological polar surface area (TPSA) is 20.3 Å². The minimum absolute atomic E-state index is 0.338. The molecule has 1 amide bonds. The van der Waals surface area contributed by atoms with Gasteiger partial charge >= 0.3 is 0 Å². The van der Waals surface area contributed by atoms with Crippen LogP contribution in [-0.4, -0.2) is 23.9 Å². The summed E-state index contributed by atoms with van der Waals surface area (Å²) in [5.41, 5.74) is 1.43. The predicted molar refractivity (Wildman–Crippen MR) is 61.5 cm³/mol. The van der Waals surface area contributed by atoms with Crippen molar-refractivity contribution in [3.05, 3.63) is 11.6 Å². The SMILES string of the molecule is CC1=CCN(C(=O)C2CCCCC2)CC1. The molecule has 0 aromatic heterocycles. The van der Waals surface area contributed by atoms with E-state index in [9.17, 15) is 4.79 Å². The van der Waals surface area contributed by atoms with Gasteiger partial charge in [0, 0.05) is 19.0 Å². The van der Waals surface area contributed by atoms with Gasteiger partial charge in [0.2, 0.25) is 5.91 Å². The van der Waals surface area contributed by atoms with Gasteiger partial charge < -0.3 is 4.90 Å². The van der Waals surface area contributed by atoms with Crippen LogP contribution >= 0.6 is 0 Å². The lowest BCUT2D eigenvalue weighted by Crippen LogP contribution is -2.39. The zero-order valence-corrected chi connectivity index (χ0v) is 9.67. The minimum atomic E-state index is 0.338. The lowest BCUT2D eigenvalue weighted by Gasteiger charge is -2.31. The average Bonchev–Trinajstić information content (AvgIpc) is 2.30. The van der Waals surface area contributed by atoms with Gasteiger partial charge in [0.15, 0.2) is 0 Å². The Morgan fingerprint density at radius 1 is 1.33 bits per heavy atom. The fraction of sp³-hybridized carbons (Fsp3) is 0.769. The highest BCUT2D eigenvalue weighted by atomic mass is 16.2. The van der Waals surface area contributed by atoms with E-state index in [0.717, 1.165) is 32.4 Å². The van der Waals surface area contributed by atoms with Crippen molar-refractivity contribution in [2.75, 3.05) is 13.1 Å². The molecule has 2 heteroatoms. The first-order valence-corrected chi connectivity index (χ1v) is 6.22. The van der Waals surface area contributed by atoms with Gasteiger partial charge in [0.25, 0.3) is 0 Å². The number of amides is 1. The van der Waals surface area contributed by atoms with Gasteiger partial charge in [0.1, 0.15) is 0 Å². The maximum Gasteiger partial charge on any atom is 0.225 e. The average molecular weight is 207 g/mol. The van der Waals surface area contributed by atoms with Gasteiger partial charge in [-0.15, -0.1) is 0 Å². The summed E-state index contributed by atoms with van der Waals surface area (Å²) in [7, 11) is 0. The molecule has 84 valence electrons. The van der Waals surface area contributed by atoms with E-state index in [1.807, 2.05) is 4.90 Å². The molecule has 15 heavy (non-hydrogen) atoms. The van der Waals surface area contributed by atoms with Crippen molar-refractivity contribution in [2.24, 2.45) is 5.92 Å². The summed E-state index contributed by atoms with van der Waals surface area (Å²) in [5, 5.41) is 0. The summed E-state index contributed by atoms with van der Waals surface area (Å²) in [6, 6.07) is 0. The molecule has 0 unspecified atom stereocenters. The van der Waals surface area contributed by atoms with Crippen molar-refractivity contribution in [1.29, 1.82) is 0 Å². The lowest BCUT2D eigenvalue weighted by molar-refractivity contribution is -0.136. The Balaban J connectivity index is 1.90. The van der Waals surface area contributed by atoms with Crippen LogP contribution in [0.15, 0.2) is 11.6 Å². The number of carbonyl (C=O) groups excluding carboxylic acids is 1. The van der Waals surface area contributed by atoms with Crippen LogP contribution in [-0.2, 0) is 4.79 Å². The molecule has 0 N–H and O–H groups in total. The van der Waals surface area contributed by atoms with E-state index in [1.165, 1.54) is 24.8 Å². The molecule has 1 fully saturated rings. The first-order valence-electron chi connectivity index (χ1n) is 6.22.